The Morgan fingerprint density at radius 2 is 1.59 bits per heavy atom. The van der Waals surface area contributed by atoms with Crippen LogP contribution < -0.4 is 10.4 Å². The Morgan fingerprint density at radius 1 is 0.882 bits per heavy atom. The second kappa shape index (κ2) is 4.63. The van der Waals surface area contributed by atoms with Gasteiger partial charge in [0.1, 0.15) is 21.0 Å². The average Bonchev–Trinajstić information content (AvgIpc) is 2.32. The number of para-hydroxylation sites is 1. The van der Waals surface area contributed by atoms with Gasteiger partial charge in [-0.05, 0) is 47.5 Å². The van der Waals surface area contributed by atoms with E-state index in [2.05, 4.69) is 0 Å². The second-order valence-corrected chi connectivity index (χ2v) is 5.33. The lowest BCUT2D eigenvalue weighted by Crippen LogP contribution is -2.30. The Labute approximate surface area is 103 Å². The Kier molecular flexibility index (Phi) is 3.20. The molecule has 2 nitrogen and oxygen atoms in total. The third kappa shape index (κ3) is 2.34. The summed E-state index contributed by atoms with van der Waals surface area (Å²) in [5, 5.41) is 21.4. The molecule has 3 heteroatoms. The molecule has 0 aromatic heterocycles. The van der Waals surface area contributed by atoms with Crippen LogP contribution in [0, 0.1) is 13.8 Å². The number of hydrogen-bond donors (Lipinski definition) is 2. The van der Waals surface area contributed by atoms with Gasteiger partial charge in [-0.2, -0.15) is 0 Å². The highest BCUT2D eigenvalue weighted by molar-refractivity contribution is 6.69. The van der Waals surface area contributed by atoms with E-state index in [1.807, 2.05) is 32.0 Å². The molecule has 2 aromatic rings. The van der Waals surface area contributed by atoms with Gasteiger partial charge in [0.25, 0.3) is 0 Å². The Morgan fingerprint density at radius 3 is 2.29 bits per heavy atom. The zero-order valence-electron chi connectivity index (χ0n) is 9.86. The summed E-state index contributed by atoms with van der Waals surface area (Å²) in [5.41, 5.74) is 2.24. The number of phenols is 2. The third-order valence-corrected chi connectivity index (χ3v) is 4.45. The van der Waals surface area contributed by atoms with Gasteiger partial charge in [0.05, 0.1) is 0 Å². The molecular formula is C14H14O2Si. The summed E-state index contributed by atoms with van der Waals surface area (Å²) >= 11 is 0. The molecule has 2 rings (SSSR count). The Bertz CT molecular complexity index is 550. The number of aryl methyl sites for hydroxylation is 1. The van der Waals surface area contributed by atoms with Crippen molar-refractivity contribution in [1.82, 2.24) is 0 Å². The molecule has 2 aromatic carbocycles. The predicted molar refractivity (Wildman–Crippen MR) is 70.7 cm³/mol. The highest BCUT2D eigenvalue weighted by Gasteiger charge is 2.11. The fraction of sp³-hybridized carbons (Fsp3) is 0.143. The molecule has 0 amide bonds. The van der Waals surface area contributed by atoms with Crippen molar-refractivity contribution in [3.05, 3.63) is 47.5 Å². The quantitative estimate of drug-likeness (QED) is 0.781. The Hall–Kier alpha value is -1.74. The molecule has 0 fully saturated rings. The summed E-state index contributed by atoms with van der Waals surface area (Å²) in [5.74, 6) is 0.584. The van der Waals surface area contributed by atoms with Crippen LogP contribution in [0.25, 0.3) is 0 Å². The minimum absolute atomic E-state index is 0.270. The van der Waals surface area contributed by atoms with Crippen LogP contribution >= 0.6 is 0 Å². The topological polar surface area (TPSA) is 40.5 Å². The molecule has 17 heavy (non-hydrogen) atoms. The van der Waals surface area contributed by atoms with Gasteiger partial charge in [-0.25, -0.2) is 0 Å². The van der Waals surface area contributed by atoms with Crippen LogP contribution in [0.4, 0.5) is 0 Å². The number of rotatable bonds is 2. The normalized spacial score (nSPS) is 10.5. The van der Waals surface area contributed by atoms with Crippen LogP contribution in [-0.2, 0) is 0 Å². The standard InChI is InChI=1S/C14H14O2Si/c1-9-7-8-12(16)14(10(9)2)17-13-6-4-3-5-11(13)15/h3-8,15-16H,1-2H3. The lowest BCUT2D eigenvalue weighted by Gasteiger charge is -2.11. The molecule has 0 aliphatic carbocycles. The van der Waals surface area contributed by atoms with Crippen molar-refractivity contribution in [2.75, 3.05) is 0 Å². The van der Waals surface area contributed by atoms with Gasteiger partial charge in [0, 0.05) is 0 Å². The molecule has 2 N–H and O–H groups in total. The van der Waals surface area contributed by atoms with E-state index in [4.69, 9.17) is 0 Å². The predicted octanol–water partition coefficient (Wildman–Crippen LogP) is 1.37. The second-order valence-electron chi connectivity index (χ2n) is 4.04. The molecule has 0 spiro atoms. The lowest BCUT2D eigenvalue weighted by molar-refractivity contribution is 0.478. The fourth-order valence-electron chi connectivity index (χ4n) is 1.67. The number of hydrogen-bond acceptors (Lipinski definition) is 2. The van der Waals surface area contributed by atoms with Gasteiger partial charge in [0.2, 0.25) is 0 Å². The minimum atomic E-state index is 0.270. The SMILES string of the molecule is Cc1ccc(O)c([Si]c2ccccc2O)c1C. The molecule has 0 heterocycles. The van der Waals surface area contributed by atoms with E-state index in [1.165, 1.54) is 0 Å². The summed E-state index contributed by atoms with van der Waals surface area (Å²) in [4.78, 5) is 0. The van der Waals surface area contributed by atoms with E-state index >= 15 is 0 Å². The van der Waals surface area contributed by atoms with Gasteiger partial charge in [0.15, 0.2) is 0 Å². The van der Waals surface area contributed by atoms with Crippen LogP contribution in [0.1, 0.15) is 11.1 Å². The van der Waals surface area contributed by atoms with E-state index < -0.39 is 0 Å². The summed E-state index contributed by atoms with van der Waals surface area (Å²) in [7, 11) is 0.270. The molecule has 0 unspecified atom stereocenters. The van der Waals surface area contributed by atoms with Crippen LogP contribution in [0.3, 0.4) is 0 Å². The van der Waals surface area contributed by atoms with Crippen molar-refractivity contribution in [2.45, 2.75) is 13.8 Å². The molecule has 0 aliphatic rings. The van der Waals surface area contributed by atoms with Crippen molar-refractivity contribution < 1.29 is 10.2 Å². The highest BCUT2D eigenvalue weighted by Crippen LogP contribution is 2.12. The maximum absolute atomic E-state index is 9.89. The smallest absolute Gasteiger partial charge is 0.132 e. The fourth-order valence-corrected chi connectivity index (χ4v) is 2.93. The maximum atomic E-state index is 9.89. The molecule has 2 radical (unpaired) electrons. The average molecular weight is 242 g/mol. The zero-order valence-corrected chi connectivity index (χ0v) is 10.9. The number of benzene rings is 2. The first-order valence-electron chi connectivity index (χ1n) is 5.44. The minimum Gasteiger partial charge on any atom is -0.508 e. The van der Waals surface area contributed by atoms with Gasteiger partial charge >= 0.3 is 0 Å². The summed E-state index contributed by atoms with van der Waals surface area (Å²) in [6.45, 7) is 4.02. The van der Waals surface area contributed by atoms with Crippen molar-refractivity contribution in [1.29, 1.82) is 0 Å². The van der Waals surface area contributed by atoms with E-state index in [9.17, 15) is 10.2 Å². The van der Waals surface area contributed by atoms with E-state index in [0.29, 0.717) is 5.75 Å². The number of aromatic hydroxyl groups is 2. The van der Waals surface area contributed by atoms with Crippen molar-refractivity contribution >= 4 is 19.9 Å². The van der Waals surface area contributed by atoms with Gasteiger partial charge in [-0.15, -0.1) is 0 Å². The molecule has 0 bridgehead atoms. The summed E-state index contributed by atoms with van der Waals surface area (Å²) in [6, 6.07) is 10.9. The molecular weight excluding hydrogens is 228 g/mol. The van der Waals surface area contributed by atoms with E-state index in [1.54, 1.807) is 18.2 Å². The van der Waals surface area contributed by atoms with Gasteiger partial charge in [-0.1, -0.05) is 24.3 Å². The number of phenolic OH excluding ortho intramolecular Hbond substituents is 2. The van der Waals surface area contributed by atoms with Crippen molar-refractivity contribution in [2.24, 2.45) is 0 Å². The lowest BCUT2D eigenvalue weighted by atomic mass is 10.1. The molecule has 0 saturated carbocycles. The summed E-state index contributed by atoms with van der Waals surface area (Å²) < 4.78 is 0. The van der Waals surface area contributed by atoms with E-state index in [0.717, 1.165) is 21.5 Å². The highest BCUT2D eigenvalue weighted by atomic mass is 28.2. The first-order chi connectivity index (χ1) is 8.09. The molecule has 0 atom stereocenters. The first-order valence-corrected chi connectivity index (χ1v) is 6.44. The van der Waals surface area contributed by atoms with Gasteiger partial charge in [-0.3, -0.25) is 0 Å². The van der Waals surface area contributed by atoms with Crippen LogP contribution in [0.2, 0.25) is 0 Å². The van der Waals surface area contributed by atoms with Crippen LogP contribution in [0.5, 0.6) is 11.5 Å². The van der Waals surface area contributed by atoms with Crippen LogP contribution in [-0.4, -0.2) is 19.7 Å². The van der Waals surface area contributed by atoms with E-state index in [-0.39, 0.29) is 15.3 Å². The van der Waals surface area contributed by atoms with Crippen molar-refractivity contribution in [3.8, 4) is 11.5 Å². The van der Waals surface area contributed by atoms with Crippen molar-refractivity contribution in [3.63, 3.8) is 0 Å². The third-order valence-electron chi connectivity index (χ3n) is 2.88. The molecule has 86 valence electrons. The van der Waals surface area contributed by atoms with Crippen LogP contribution in [0.15, 0.2) is 36.4 Å². The molecule has 0 aliphatic heterocycles. The maximum Gasteiger partial charge on any atom is 0.132 e. The largest absolute Gasteiger partial charge is 0.508 e. The first kappa shape index (κ1) is 11.7. The summed E-state index contributed by atoms with van der Waals surface area (Å²) in [6.07, 6.45) is 0. The molecule has 0 saturated heterocycles. The Balaban J connectivity index is 2.43. The monoisotopic (exact) mass is 242 g/mol. The van der Waals surface area contributed by atoms with Gasteiger partial charge < -0.3 is 10.2 Å². The zero-order chi connectivity index (χ0) is 12.4.